The Morgan fingerprint density at radius 1 is 1.35 bits per heavy atom. The molecule has 0 amide bonds. The molecular formula is C13H16BrNO4S. The molecule has 110 valence electrons. The SMILES string of the molecule is CC1CC(C(=O)O)CCN1S(=O)(=O)c1ccc(Br)cc1. The van der Waals surface area contributed by atoms with Gasteiger partial charge < -0.3 is 5.11 Å². The van der Waals surface area contributed by atoms with E-state index in [0.29, 0.717) is 12.8 Å². The second-order valence-electron chi connectivity index (χ2n) is 4.98. The summed E-state index contributed by atoms with van der Waals surface area (Å²) in [7, 11) is -3.56. The number of hydrogen-bond donors (Lipinski definition) is 1. The maximum Gasteiger partial charge on any atom is 0.306 e. The largest absolute Gasteiger partial charge is 0.481 e. The molecule has 20 heavy (non-hydrogen) atoms. The zero-order valence-electron chi connectivity index (χ0n) is 11.0. The number of piperidine rings is 1. The molecular weight excluding hydrogens is 346 g/mol. The van der Waals surface area contributed by atoms with Crippen LogP contribution in [0, 0.1) is 5.92 Å². The van der Waals surface area contributed by atoms with Gasteiger partial charge in [-0.2, -0.15) is 4.31 Å². The average Bonchev–Trinajstić information content (AvgIpc) is 2.38. The van der Waals surface area contributed by atoms with Crippen LogP contribution in [0.3, 0.4) is 0 Å². The lowest BCUT2D eigenvalue weighted by Crippen LogP contribution is -2.45. The van der Waals surface area contributed by atoms with Crippen LogP contribution in [0.4, 0.5) is 0 Å². The van der Waals surface area contributed by atoms with Crippen molar-refractivity contribution in [1.82, 2.24) is 4.31 Å². The van der Waals surface area contributed by atoms with E-state index in [2.05, 4.69) is 15.9 Å². The van der Waals surface area contributed by atoms with Gasteiger partial charge in [0.2, 0.25) is 10.0 Å². The summed E-state index contributed by atoms with van der Waals surface area (Å²) in [6.07, 6.45) is 0.709. The zero-order valence-corrected chi connectivity index (χ0v) is 13.4. The van der Waals surface area contributed by atoms with Crippen molar-refractivity contribution >= 4 is 31.9 Å². The van der Waals surface area contributed by atoms with Gasteiger partial charge in [0.05, 0.1) is 10.8 Å². The fourth-order valence-electron chi connectivity index (χ4n) is 2.47. The fourth-order valence-corrected chi connectivity index (χ4v) is 4.39. The van der Waals surface area contributed by atoms with Crippen molar-refractivity contribution in [2.75, 3.05) is 6.54 Å². The first-order valence-corrected chi connectivity index (χ1v) is 8.56. The van der Waals surface area contributed by atoms with E-state index in [1.165, 1.54) is 4.31 Å². The topological polar surface area (TPSA) is 74.7 Å². The first-order valence-electron chi connectivity index (χ1n) is 6.32. The lowest BCUT2D eigenvalue weighted by Gasteiger charge is -2.35. The molecule has 1 aliphatic heterocycles. The van der Waals surface area contributed by atoms with Gasteiger partial charge in [-0.3, -0.25) is 4.79 Å². The number of aliphatic carboxylic acids is 1. The summed E-state index contributed by atoms with van der Waals surface area (Å²) >= 11 is 3.27. The summed E-state index contributed by atoms with van der Waals surface area (Å²) in [6.45, 7) is 2.00. The lowest BCUT2D eigenvalue weighted by atomic mass is 9.93. The number of carboxylic acids is 1. The quantitative estimate of drug-likeness (QED) is 0.896. The fraction of sp³-hybridized carbons (Fsp3) is 0.462. The summed E-state index contributed by atoms with van der Waals surface area (Å²) in [5, 5.41) is 9.02. The van der Waals surface area contributed by atoms with Gasteiger partial charge in [0.1, 0.15) is 0 Å². The molecule has 0 bridgehead atoms. The van der Waals surface area contributed by atoms with E-state index in [-0.39, 0.29) is 17.5 Å². The van der Waals surface area contributed by atoms with Crippen LogP contribution in [0.15, 0.2) is 33.6 Å². The van der Waals surface area contributed by atoms with Crippen LogP contribution in [0.5, 0.6) is 0 Å². The third-order valence-corrected chi connectivity index (χ3v) is 6.14. The van der Waals surface area contributed by atoms with Gasteiger partial charge in [0.15, 0.2) is 0 Å². The molecule has 2 rings (SSSR count). The van der Waals surface area contributed by atoms with Crippen LogP contribution in [0.25, 0.3) is 0 Å². The van der Waals surface area contributed by atoms with Crippen LogP contribution in [-0.2, 0) is 14.8 Å². The highest BCUT2D eigenvalue weighted by molar-refractivity contribution is 9.10. The number of hydrogen-bond acceptors (Lipinski definition) is 3. The van der Waals surface area contributed by atoms with Gasteiger partial charge in [-0.15, -0.1) is 0 Å². The Morgan fingerprint density at radius 2 is 1.95 bits per heavy atom. The molecule has 2 unspecified atom stereocenters. The van der Waals surface area contributed by atoms with Crippen LogP contribution >= 0.6 is 15.9 Å². The Morgan fingerprint density at radius 3 is 2.45 bits per heavy atom. The summed E-state index contributed by atoms with van der Waals surface area (Å²) in [5.41, 5.74) is 0. The first kappa shape index (κ1) is 15.5. The molecule has 1 aromatic rings. The molecule has 0 aliphatic carbocycles. The lowest BCUT2D eigenvalue weighted by molar-refractivity contribution is -0.143. The molecule has 1 fully saturated rings. The first-order chi connectivity index (χ1) is 9.32. The highest BCUT2D eigenvalue weighted by Gasteiger charge is 2.36. The van der Waals surface area contributed by atoms with Gasteiger partial charge in [-0.05, 0) is 44.0 Å². The highest BCUT2D eigenvalue weighted by Crippen LogP contribution is 2.29. The molecule has 1 saturated heterocycles. The number of sulfonamides is 1. The summed E-state index contributed by atoms with van der Waals surface area (Å²) < 4.78 is 27.3. The number of nitrogens with zero attached hydrogens (tertiary/aromatic N) is 1. The number of rotatable bonds is 3. The minimum Gasteiger partial charge on any atom is -0.481 e. The molecule has 0 radical (unpaired) electrons. The van der Waals surface area contributed by atoms with E-state index >= 15 is 0 Å². The Labute approximate surface area is 126 Å². The van der Waals surface area contributed by atoms with Gasteiger partial charge in [-0.1, -0.05) is 15.9 Å². The van der Waals surface area contributed by atoms with E-state index in [1.54, 1.807) is 31.2 Å². The second-order valence-corrected chi connectivity index (χ2v) is 7.78. The van der Waals surface area contributed by atoms with Crippen LogP contribution in [0.1, 0.15) is 19.8 Å². The van der Waals surface area contributed by atoms with E-state index in [1.807, 2.05) is 0 Å². The monoisotopic (exact) mass is 361 g/mol. The van der Waals surface area contributed by atoms with E-state index in [9.17, 15) is 13.2 Å². The summed E-state index contributed by atoms with van der Waals surface area (Å²) in [4.78, 5) is 11.2. The van der Waals surface area contributed by atoms with E-state index in [0.717, 1.165) is 4.47 Å². The molecule has 5 nitrogen and oxygen atoms in total. The van der Waals surface area contributed by atoms with Crippen molar-refractivity contribution in [3.63, 3.8) is 0 Å². The highest BCUT2D eigenvalue weighted by atomic mass is 79.9. The molecule has 1 N–H and O–H groups in total. The minimum atomic E-state index is -3.56. The Balaban J connectivity index is 2.23. The van der Waals surface area contributed by atoms with Crippen LogP contribution < -0.4 is 0 Å². The molecule has 1 aromatic carbocycles. The predicted molar refractivity (Wildman–Crippen MR) is 77.9 cm³/mol. The number of benzene rings is 1. The number of carbonyl (C=O) groups is 1. The average molecular weight is 362 g/mol. The van der Waals surface area contributed by atoms with Crippen LogP contribution in [-0.4, -0.2) is 36.4 Å². The Kier molecular flexibility index (Phi) is 4.51. The Hall–Kier alpha value is -0.920. The maximum absolute atomic E-state index is 12.5. The third kappa shape index (κ3) is 3.05. The van der Waals surface area contributed by atoms with Crippen molar-refractivity contribution < 1.29 is 18.3 Å². The molecule has 0 saturated carbocycles. The smallest absolute Gasteiger partial charge is 0.306 e. The number of carboxylic acid groups (broad SMARTS) is 1. The van der Waals surface area contributed by atoms with E-state index in [4.69, 9.17) is 5.11 Å². The van der Waals surface area contributed by atoms with Gasteiger partial charge in [0, 0.05) is 17.1 Å². The molecule has 0 aromatic heterocycles. The summed E-state index contributed by atoms with van der Waals surface area (Å²) in [5.74, 6) is -1.31. The molecule has 1 aliphatic rings. The molecule has 1 heterocycles. The normalized spacial score (nSPS) is 24.5. The molecule has 7 heteroatoms. The van der Waals surface area contributed by atoms with Crippen molar-refractivity contribution in [1.29, 1.82) is 0 Å². The second kappa shape index (κ2) is 5.83. The third-order valence-electron chi connectivity index (χ3n) is 3.58. The molecule has 0 spiro atoms. The van der Waals surface area contributed by atoms with Crippen molar-refractivity contribution in [3.8, 4) is 0 Å². The standard InChI is InChI=1S/C13H16BrNO4S/c1-9-8-10(13(16)17)6-7-15(9)20(18,19)12-4-2-11(14)3-5-12/h2-5,9-10H,6-8H2,1H3,(H,16,17). The van der Waals surface area contributed by atoms with Crippen molar-refractivity contribution in [2.24, 2.45) is 5.92 Å². The maximum atomic E-state index is 12.5. The Bertz CT molecular complexity index is 599. The molecule has 2 atom stereocenters. The van der Waals surface area contributed by atoms with Gasteiger partial charge in [0.25, 0.3) is 0 Å². The van der Waals surface area contributed by atoms with Crippen molar-refractivity contribution in [2.45, 2.75) is 30.7 Å². The van der Waals surface area contributed by atoms with Gasteiger partial charge in [-0.25, -0.2) is 8.42 Å². The predicted octanol–water partition coefficient (Wildman–Crippen LogP) is 2.32. The summed E-state index contributed by atoms with van der Waals surface area (Å²) in [6, 6.07) is 6.16. The van der Waals surface area contributed by atoms with Crippen molar-refractivity contribution in [3.05, 3.63) is 28.7 Å². The minimum absolute atomic E-state index is 0.237. The van der Waals surface area contributed by atoms with Gasteiger partial charge >= 0.3 is 5.97 Å². The van der Waals surface area contributed by atoms with E-state index < -0.39 is 21.9 Å². The van der Waals surface area contributed by atoms with Crippen LogP contribution in [0.2, 0.25) is 0 Å². The number of halogens is 1. The zero-order chi connectivity index (χ0) is 14.9.